The van der Waals surface area contributed by atoms with E-state index in [2.05, 4.69) is 27.3 Å². The fourth-order valence-corrected chi connectivity index (χ4v) is 5.29. The predicted molar refractivity (Wildman–Crippen MR) is 112 cm³/mol. The number of fused-ring (bicyclic) bond motifs is 1. The molecular formula is C19H19BrN2O3S2. The number of hydrogen-bond acceptors (Lipinski definition) is 5. The molecule has 0 saturated heterocycles. The smallest absolute Gasteiger partial charge is 0.262 e. The van der Waals surface area contributed by atoms with Crippen LogP contribution in [-0.2, 0) is 10.5 Å². The maximum absolute atomic E-state index is 12.6. The van der Waals surface area contributed by atoms with Gasteiger partial charge in [-0.05, 0) is 54.0 Å². The molecule has 27 heavy (non-hydrogen) atoms. The first-order valence-electron chi connectivity index (χ1n) is 8.46. The molecule has 0 fully saturated rings. The van der Waals surface area contributed by atoms with Gasteiger partial charge in [0.15, 0.2) is 0 Å². The van der Waals surface area contributed by atoms with E-state index in [0.29, 0.717) is 17.7 Å². The number of nitrogens with zero attached hydrogens (tertiary/aromatic N) is 1. The molecule has 1 aromatic carbocycles. The highest BCUT2D eigenvalue weighted by atomic mass is 79.9. The number of nitrogens with one attached hydrogen (secondary N) is 1. The Morgan fingerprint density at radius 2 is 1.96 bits per heavy atom. The minimum Gasteiger partial charge on any atom is -0.353 e. The summed E-state index contributed by atoms with van der Waals surface area (Å²) in [6.07, 6.45) is 0. The first kappa shape index (κ1) is 20.1. The lowest BCUT2D eigenvalue weighted by atomic mass is 10.1. The average molecular weight is 467 g/mol. The lowest BCUT2D eigenvalue weighted by Gasteiger charge is -2.21. The van der Waals surface area contributed by atoms with Gasteiger partial charge in [0.25, 0.3) is 11.8 Å². The Balaban J connectivity index is 1.50. The van der Waals surface area contributed by atoms with Gasteiger partial charge in [0.1, 0.15) is 6.04 Å². The third-order valence-corrected chi connectivity index (χ3v) is 7.07. The van der Waals surface area contributed by atoms with Crippen LogP contribution in [0.5, 0.6) is 0 Å². The second-order valence-electron chi connectivity index (χ2n) is 6.25. The average Bonchev–Trinajstić information content (AvgIpc) is 3.15. The lowest BCUT2D eigenvalue weighted by molar-refractivity contribution is -0.124. The molecule has 0 unspecified atom stereocenters. The standard InChI is InChI=1S/C19H19BrN2O3S2/c1-11-3-5-14-15(9-11)19(25)22(18(14)24)12(2)17(23)21-7-8-26-10-13-4-6-16(20)27-13/h3-6,9,12H,7-8,10H2,1-2H3,(H,21,23)/t12-/m0/s1. The first-order chi connectivity index (χ1) is 12.9. The molecule has 8 heteroatoms. The molecule has 2 heterocycles. The molecule has 3 amide bonds. The van der Waals surface area contributed by atoms with Crippen LogP contribution in [-0.4, -0.2) is 41.0 Å². The quantitative estimate of drug-likeness (QED) is 0.496. The summed E-state index contributed by atoms with van der Waals surface area (Å²) in [4.78, 5) is 39.8. The van der Waals surface area contributed by atoms with E-state index in [-0.39, 0.29) is 5.91 Å². The maximum Gasteiger partial charge on any atom is 0.262 e. The molecule has 3 rings (SSSR count). The van der Waals surface area contributed by atoms with Crippen LogP contribution in [0.4, 0.5) is 0 Å². The van der Waals surface area contributed by atoms with Crippen molar-refractivity contribution in [1.82, 2.24) is 10.2 Å². The van der Waals surface area contributed by atoms with Gasteiger partial charge in [0, 0.05) is 22.9 Å². The molecule has 1 aliphatic heterocycles. The largest absolute Gasteiger partial charge is 0.353 e. The normalized spacial score (nSPS) is 14.4. The van der Waals surface area contributed by atoms with E-state index in [1.807, 2.05) is 13.0 Å². The summed E-state index contributed by atoms with van der Waals surface area (Å²) in [6, 6.07) is 8.40. The van der Waals surface area contributed by atoms with Gasteiger partial charge >= 0.3 is 0 Å². The van der Waals surface area contributed by atoms with E-state index in [4.69, 9.17) is 0 Å². The fraction of sp³-hybridized carbons (Fsp3) is 0.316. The van der Waals surface area contributed by atoms with E-state index in [1.54, 1.807) is 48.2 Å². The summed E-state index contributed by atoms with van der Waals surface area (Å²) in [5.41, 5.74) is 1.64. The maximum atomic E-state index is 12.6. The highest BCUT2D eigenvalue weighted by Crippen LogP contribution is 2.26. The van der Waals surface area contributed by atoms with Crippen molar-refractivity contribution in [3.63, 3.8) is 0 Å². The van der Waals surface area contributed by atoms with Crippen molar-refractivity contribution in [3.8, 4) is 0 Å². The van der Waals surface area contributed by atoms with Crippen molar-refractivity contribution in [2.45, 2.75) is 25.6 Å². The van der Waals surface area contributed by atoms with Gasteiger partial charge < -0.3 is 5.32 Å². The second-order valence-corrected chi connectivity index (χ2v) is 9.91. The summed E-state index contributed by atoms with van der Waals surface area (Å²) in [5.74, 6) is 0.518. The van der Waals surface area contributed by atoms with Crippen LogP contribution in [0.2, 0.25) is 0 Å². The van der Waals surface area contributed by atoms with Crippen molar-refractivity contribution in [1.29, 1.82) is 0 Å². The van der Waals surface area contributed by atoms with Gasteiger partial charge in [-0.25, -0.2) is 0 Å². The summed E-state index contributed by atoms with van der Waals surface area (Å²) < 4.78 is 1.11. The number of imide groups is 1. The Morgan fingerprint density at radius 3 is 2.67 bits per heavy atom. The lowest BCUT2D eigenvalue weighted by Crippen LogP contribution is -2.48. The Hall–Kier alpha value is -1.64. The van der Waals surface area contributed by atoms with E-state index in [9.17, 15) is 14.4 Å². The number of benzene rings is 1. The highest BCUT2D eigenvalue weighted by Gasteiger charge is 2.40. The third-order valence-electron chi connectivity index (χ3n) is 4.26. The second kappa shape index (κ2) is 8.58. The van der Waals surface area contributed by atoms with Crippen molar-refractivity contribution in [3.05, 3.63) is 55.7 Å². The number of carbonyl (C=O) groups excluding carboxylic acids is 3. The molecule has 1 aliphatic rings. The molecule has 142 valence electrons. The van der Waals surface area contributed by atoms with Gasteiger partial charge in [-0.1, -0.05) is 11.6 Å². The molecule has 0 saturated carbocycles. The molecule has 0 bridgehead atoms. The summed E-state index contributed by atoms with van der Waals surface area (Å²) >= 11 is 6.86. The van der Waals surface area contributed by atoms with Crippen molar-refractivity contribution < 1.29 is 14.4 Å². The van der Waals surface area contributed by atoms with Gasteiger partial charge in [0.05, 0.1) is 14.9 Å². The van der Waals surface area contributed by atoms with Gasteiger partial charge in [-0.2, -0.15) is 11.8 Å². The van der Waals surface area contributed by atoms with Crippen LogP contribution in [0.3, 0.4) is 0 Å². The van der Waals surface area contributed by atoms with E-state index >= 15 is 0 Å². The number of halogens is 1. The molecule has 0 aliphatic carbocycles. The number of thiophene rings is 1. The molecule has 1 aromatic heterocycles. The van der Waals surface area contributed by atoms with Gasteiger partial charge in [-0.15, -0.1) is 11.3 Å². The molecule has 1 N–H and O–H groups in total. The van der Waals surface area contributed by atoms with Crippen LogP contribution in [0, 0.1) is 6.92 Å². The van der Waals surface area contributed by atoms with Crippen molar-refractivity contribution in [2.24, 2.45) is 0 Å². The topological polar surface area (TPSA) is 66.5 Å². The molecular weight excluding hydrogens is 448 g/mol. The van der Waals surface area contributed by atoms with E-state index in [1.165, 1.54) is 4.88 Å². The summed E-state index contributed by atoms with van der Waals surface area (Å²) in [6.45, 7) is 3.94. The fourth-order valence-electron chi connectivity index (χ4n) is 2.84. The minimum atomic E-state index is -0.837. The predicted octanol–water partition coefficient (Wildman–Crippen LogP) is 3.85. The van der Waals surface area contributed by atoms with Crippen molar-refractivity contribution >= 4 is 56.8 Å². The Labute approximate surface area is 174 Å². The molecule has 5 nitrogen and oxygen atoms in total. The van der Waals surface area contributed by atoms with Gasteiger partial charge in [0.2, 0.25) is 5.91 Å². The summed E-state index contributed by atoms with van der Waals surface area (Å²) in [7, 11) is 0. The highest BCUT2D eigenvalue weighted by molar-refractivity contribution is 9.11. The van der Waals surface area contributed by atoms with E-state index in [0.717, 1.165) is 25.8 Å². The third kappa shape index (κ3) is 4.44. The Morgan fingerprint density at radius 1 is 1.22 bits per heavy atom. The number of carbonyl (C=O) groups is 3. The zero-order valence-electron chi connectivity index (χ0n) is 15.0. The number of thioether (sulfide) groups is 1. The van der Waals surface area contributed by atoms with Crippen LogP contribution in [0.1, 0.15) is 38.1 Å². The molecule has 0 radical (unpaired) electrons. The van der Waals surface area contributed by atoms with Gasteiger partial charge in [-0.3, -0.25) is 19.3 Å². The van der Waals surface area contributed by atoms with Crippen LogP contribution in [0.15, 0.2) is 34.1 Å². The van der Waals surface area contributed by atoms with Crippen LogP contribution >= 0.6 is 39.0 Å². The Kier molecular flexibility index (Phi) is 6.39. The minimum absolute atomic E-state index is 0.319. The molecule has 1 atom stereocenters. The SMILES string of the molecule is Cc1ccc2c(c1)C(=O)N([C@@H](C)C(=O)NCCSCc1ccc(Br)s1)C2=O. The molecule has 2 aromatic rings. The number of amides is 3. The van der Waals surface area contributed by atoms with Crippen LogP contribution < -0.4 is 5.32 Å². The monoisotopic (exact) mass is 466 g/mol. The number of hydrogen-bond donors (Lipinski definition) is 1. The zero-order valence-corrected chi connectivity index (χ0v) is 18.2. The Bertz CT molecular complexity index is 897. The number of aryl methyl sites for hydroxylation is 1. The van der Waals surface area contributed by atoms with Crippen molar-refractivity contribution in [2.75, 3.05) is 12.3 Å². The number of rotatable bonds is 7. The molecule has 0 spiro atoms. The summed E-state index contributed by atoms with van der Waals surface area (Å²) in [5, 5.41) is 2.82. The van der Waals surface area contributed by atoms with Crippen LogP contribution in [0.25, 0.3) is 0 Å². The zero-order chi connectivity index (χ0) is 19.6. The first-order valence-corrected chi connectivity index (χ1v) is 11.2. The van der Waals surface area contributed by atoms with E-state index < -0.39 is 17.9 Å².